The Bertz CT molecular complexity index is 895. The molecule has 0 amide bonds. The van der Waals surface area contributed by atoms with E-state index in [1.165, 1.54) is 5.69 Å². The highest BCUT2D eigenvalue weighted by Crippen LogP contribution is 2.35. The SMILES string of the molecule is N#CC(CCN1CCN(c2ccccc2)CC1)(c1ccccc1)c1ccccc1.[Cl-].[Cl-]. The molecule has 0 aromatic heterocycles. The Labute approximate surface area is 198 Å². The number of para-hydroxylation sites is 1. The van der Waals surface area contributed by atoms with Crippen molar-refractivity contribution < 1.29 is 24.8 Å². The lowest BCUT2D eigenvalue weighted by Crippen LogP contribution is -3.00. The molecule has 1 fully saturated rings. The highest BCUT2D eigenvalue weighted by molar-refractivity contribution is 5.47. The Morgan fingerprint density at radius 1 is 0.677 bits per heavy atom. The Morgan fingerprint density at radius 3 is 1.58 bits per heavy atom. The van der Waals surface area contributed by atoms with Crippen molar-refractivity contribution in [3.63, 3.8) is 0 Å². The summed E-state index contributed by atoms with van der Waals surface area (Å²) in [4.78, 5) is 4.94. The number of piperazine rings is 1. The first-order valence-corrected chi connectivity index (χ1v) is 10.4. The third-order valence-electron chi connectivity index (χ3n) is 6.02. The lowest BCUT2D eigenvalue weighted by Gasteiger charge is -2.38. The number of anilines is 1. The molecule has 3 nitrogen and oxygen atoms in total. The normalized spacial score (nSPS) is 14.1. The van der Waals surface area contributed by atoms with Crippen LogP contribution in [0.3, 0.4) is 0 Å². The summed E-state index contributed by atoms with van der Waals surface area (Å²) >= 11 is 0. The largest absolute Gasteiger partial charge is 1.00 e. The van der Waals surface area contributed by atoms with Gasteiger partial charge in [-0.2, -0.15) is 5.26 Å². The Balaban J connectivity index is 0.00000171. The van der Waals surface area contributed by atoms with Gasteiger partial charge >= 0.3 is 0 Å². The van der Waals surface area contributed by atoms with Crippen LogP contribution in [0, 0.1) is 11.3 Å². The monoisotopic (exact) mass is 451 g/mol. The number of halogens is 2. The van der Waals surface area contributed by atoms with Crippen molar-refractivity contribution >= 4 is 5.69 Å². The minimum Gasteiger partial charge on any atom is -1.00 e. The van der Waals surface area contributed by atoms with Crippen molar-refractivity contribution in [2.75, 3.05) is 37.6 Å². The van der Waals surface area contributed by atoms with E-state index in [0.29, 0.717) is 0 Å². The van der Waals surface area contributed by atoms with Crippen LogP contribution in [-0.4, -0.2) is 37.6 Å². The van der Waals surface area contributed by atoms with Gasteiger partial charge in [-0.15, -0.1) is 0 Å². The van der Waals surface area contributed by atoms with Crippen LogP contribution >= 0.6 is 0 Å². The summed E-state index contributed by atoms with van der Waals surface area (Å²) in [6.07, 6.45) is 0.795. The van der Waals surface area contributed by atoms with Gasteiger partial charge in [0.25, 0.3) is 0 Å². The maximum absolute atomic E-state index is 10.3. The molecule has 0 saturated carbocycles. The molecule has 0 bridgehead atoms. The zero-order valence-corrected chi connectivity index (χ0v) is 19.0. The molecule has 3 aromatic rings. The molecule has 1 heterocycles. The van der Waals surface area contributed by atoms with Crippen molar-refractivity contribution in [3.8, 4) is 6.07 Å². The van der Waals surface area contributed by atoms with Crippen molar-refractivity contribution in [2.24, 2.45) is 0 Å². The molecule has 0 spiro atoms. The Morgan fingerprint density at radius 2 is 1.13 bits per heavy atom. The lowest BCUT2D eigenvalue weighted by atomic mass is 9.73. The number of rotatable bonds is 6. The number of nitrogens with zero attached hydrogens (tertiary/aromatic N) is 3. The Kier molecular flexibility index (Phi) is 9.40. The summed E-state index contributed by atoms with van der Waals surface area (Å²) < 4.78 is 0. The average Bonchev–Trinajstić information content (AvgIpc) is 2.82. The number of hydrogen-bond acceptors (Lipinski definition) is 3. The van der Waals surface area contributed by atoms with Crippen molar-refractivity contribution in [3.05, 3.63) is 102 Å². The van der Waals surface area contributed by atoms with E-state index < -0.39 is 5.41 Å². The van der Waals surface area contributed by atoms with E-state index in [9.17, 15) is 5.26 Å². The summed E-state index contributed by atoms with van der Waals surface area (Å²) in [5, 5.41) is 10.3. The fraction of sp³-hybridized carbons (Fsp3) is 0.269. The first-order valence-electron chi connectivity index (χ1n) is 10.4. The smallest absolute Gasteiger partial charge is 0.108 e. The van der Waals surface area contributed by atoms with E-state index in [2.05, 4.69) is 70.5 Å². The minimum atomic E-state index is -0.612. The van der Waals surface area contributed by atoms with Crippen LogP contribution in [0.15, 0.2) is 91.0 Å². The molecule has 1 saturated heterocycles. The molecule has 0 aliphatic carbocycles. The van der Waals surface area contributed by atoms with Gasteiger partial charge < -0.3 is 29.7 Å². The molecule has 5 heteroatoms. The number of benzene rings is 3. The van der Waals surface area contributed by atoms with Gasteiger partial charge in [0.15, 0.2) is 0 Å². The molecule has 0 N–H and O–H groups in total. The molecule has 31 heavy (non-hydrogen) atoms. The van der Waals surface area contributed by atoms with Crippen molar-refractivity contribution in [1.82, 2.24) is 4.90 Å². The van der Waals surface area contributed by atoms with Crippen LogP contribution in [0.5, 0.6) is 0 Å². The van der Waals surface area contributed by atoms with E-state index in [1.807, 2.05) is 36.4 Å². The predicted molar refractivity (Wildman–Crippen MR) is 119 cm³/mol. The highest BCUT2D eigenvalue weighted by Gasteiger charge is 2.35. The van der Waals surface area contributed by atoms with E-state index in [0.717, 1.165) is 50.3 Å². The van der Waals surface area contributed by atoms with Gasteiger partial charge in [0.2, 0.25) is 0 Å². The third kappa shape index (κ3) is 5.60. The predicted octanol–water partition coefficient (Wildman–Crippen LogP) is -1.28. The molecular weight excluding hydrogens is 425 g/mol. The molecule has 0 unspecified atom stereocenters. The summed E-state index contributed by atoms with van der Waals surface area (Å²) in [6.45, 7) is 5.03. The van der Waals surface area contributed by atoms with Gasteiger partial charge in [0, 0.05) is 38.4 Å². The standard InChI is InChI=1S/C26H27N3.2ClH/c27-22-26(23-10-4-1-5-11-23,24-12-6-2-7-13-24)16-17-28-18-20-29(21-19-28)25-14-8-3-9-15-25;;/h1-15H,16-21H2;2*1H/p-2. The van der Waals surface area contributed by atoms with Crippen LogP contribution in [0.4, 0.5) is 5.69 Å². The van der Waals surface area contributed by atoms with Crippen LogP contribution in [0.2, 0.25) is 0 Å². The molecular formula is C26H27Cl2N3-2. The van der Waals surface area contributed by atoms with Crippen LogP contribution in [0.25, 0.3) is 0 Å². The summed E-state index contributed by atoms with van der Waals surface area (Å²) in [5.41, 5.74) is 2.85. The fourth-order valence-corrected chi connectivity index (χ4v) is 4.28. The molecule has 1 aliphatic rings. The highest BCUT2D eigenvalue weighted by atomic mass is 35.5. The fourth-order valence-electron chi connectivity index (χ4n) is 4.28. The van der Waals surface area contributed by atoms with Crippen LogP contribution < -0.4 is 29.7 Å². The maximum Gasteiger partial charge on any atom is 0.108 e. The number of hydrogen-bond donors (Lipinski definition) is 0. The van der Waals surface area contributed by atoms with Crippen LogP contribution in [-0.2, 0) is 5.41 Å². The van der Waals surface area contributed by atoms with Crippen molar-refractivity contribution in [1.29, 1.82) is 5.26 Å². The summed E-state index contributed by atoms with van der Waals surface area (Å²) in [7, 11) is 0. The Hall–Kier alpha value is -2.51. The van der Waals surface area contributed by atoms with E-state index in [-0.39, 0.29) is 24.8 Å². The summed E-state index contributed by atoms with van der Waals surface area (Å²) in [6, 6.07) is 33.8. The van der Waals surface area contributed by atoms with Gasteiger partial charge in [0.1, 0.15) is 5.41 Å². The van der Waals surface area contributed by atoms with Gasteiger partial charge in [0.05, 0.1) is 6.07 Å². The molecule has 4 rings (SSSR count). The zero-order chi connectivity index (χ0) is 19.9. The topological polar surface area (TPSA) is 30.3 Å². The van der Waals surface area contributed by atoms with E-state index in [1.54, 1.807) is 0 Å². The molecule has 0 atom stereocenters. The van der Waals surface area contributed by atoms with Gasteiger partial charge in [-0.05, 0) is 29.7 Å². The van der Waals surface area contributed by atoms with E-state index in [4.69, 9.17) is 0 Å². The number of nitriles is 1. The van der Waals surface area contributed by atoms with Gasteiger partial charge in [-0.1, -0.05) is 78.9 Å². The second kappa shape index (κ2) is 11.8. The van der Waals surface area contributed by atoms with Crippen molar-refractivity contribution in [2.45, 2.75) is 11.8 Å². The van der Waals surface area contributed by atoms with Gasteiger partial charge in [-0.25, -0.2) is 0 Å². The lowest BCUT2D eigenvalue weighted by molar-refractivity contribution is -0.001000. The maximum atomic E-state index is 10.3. The second-order valence-corrected chi connectivity index (χ2v) is 7.66. The average molecular weight is 452 g/mol. The minimum absolute atomic E-state index is 0. The zero-order valence-electron chi connectivity index (χ0n) is 17.5. The van der Waals surface area contributed by atoms with Gasteiger partial charge in [-0.3, -0.25) is 4.90 Å². The molecule has 162 valence electrons. The van der Waals surface area contributed by atoms with Crippen LogP contribution in [0.1, 0.15) is 17.5 Å². The second-order valence-electron chi connectivity index (χ2n) is 7.66. The first kappa shape index (κ1) is 24.8. The first-order chi connectivity index (χ1) is 14.3. The third-order valence-corrected chi connectivity index (χ3v) is 6.02. The molecule has 3 aromatic carbocycles. The quantitative estimate of drug-likeness (QED) is 0.467. The summed E-state index contributed by atoms with van der Waals surface area (Å²) in [5.74, 6) is 0. The molecule has 1 aliphatic heterocycles. The van der Waals surface area contributed by atoms with E-state index >= 15 is 0 Å². The molecule has 0 radical (unpaired) electrons.